The lowest BCUT2D eigenvalue weighted by Gasteiger charge is -2.08. The van der Waals surface area contributed by atoms with Crippen molar-refractivity contribution in [1.82, 2.24) is 14.5 Å². The van der Waals surface area contributed by atoms with Crippen LogP contribution in [-0.4, -0.2) is 34.6 Å². The number of hydrogen-bond acceptors (Lipinski definition) is 7. The predicted octanol–water partition coefficient (Wildman–Crippen LogP) is 4.13. The molecule has 0 unspecified atom stereocenters. The molecule has 4 aromatic rings. The number of hydrogen-bond donors (Lipinski definition) is 2. The van der Waals surface area contributed by atoms with E-state index in [9.17, 15) is 13.2 Å². The zero-order valence-electron chi connectivity index (χ0n) is 17.7. The Morgan fingerprint density at radius 1 is 1.19 bits per heavy atom. The number of nitrogens with one attached hydrogen (secondary N) is 1. The average molecular weight is 490 g/mol. The SMILES string of the molecule is CCCCn1c(SCC(=O)Nc2nc3ccc(C)cc3s2)nc2cc(S(N)(=O)=O)ccc21. The number of aryl methyl sites for hydroxylation is 2. The lowest BCUT2D eigenvalue weighted by molar-refractivity contribution is -0.113. The molecule has 2 aromatic heterocycles. The Bertz CT molecular complexity index is 1410. The highest BCUT2D eigenvalue weighted by Gasteiger charge is 2.17. The number of carbonyl (C=O) groups is 1. The van der Waals surface area contributed by atoms with E-state index in [0.717, 1.165) is 40.7 Å². The van der Waals surface area contributed by atoms with Gasteiger partial charge < -0.3 is 9.88 Å². The number of anilines is 1. The number of nitrogens with two attached hydrogens (primary N) is 1. The monoisotopic (exact) mass is 489 g/mol. The summed E-state index contributed by atoms with van der Waals surface area (Å²) in [5.41, 5.74) is 3.36. The van der Waals surface area contributed by atoms with Crippen LogP contribution in [0.3, 0.4) is 0 Å². The number of benzene rings is 2. The molecule has 2 heterocycles. The zero-order valence-corrected chi connectivity index (χ0v) is 20.1. The van der Waals surface area contributed by atoms with Gasteiger partial charge in [0.15, 0.2) is 10.3 Å². The number of thioether (sulfide) groups is 1. The van der Waals surface area contributed by atoms with Gasteiger partial charge >= 0.3 is 0 Å². The predicted molar refractivity (Wildman–Crippen MR) is 130 cm³/mol. The fourth-order valence-corrected chi connectivity index (χ4v) is 5.63. The molecule has 0 aliphatic heterocycles. The number of amides is 1. The van der Waals surface area contributed by atoms with E-state index in [1.807, 2.05) is 29.7 Å². The minimum Gasteiger partial charge on any atom is -0.319 e. The summed E-state index contributed by atoms with van der Waals surface area (Å²) < 4.78 is 26.4. The molecule has 168 valence electrons. The Hall–Kier alpha value is -2.47. The fourth-order valence-electron chi connectivity index (χ4n) is 3.28. The van der Waals surface area contributed by atoms with Crippen molar-refractivity contribution in [2.45, 2.75) is 43.3 Å². The number of imidazole rings is 1. The molecule has 1 amide bonds. The van der Waals surface area contributed by atoms with Gasteiger partial charge in [0.05, 0.1) is 31.9 Å². The molecule has 0 bridgehead atoms. The summed E-state index contributed by atoms with van der Waals surface area (Å²) in [4.78, 5) is 21.6. The number of aromatic nitrogens is 3. The summed E-state index contributed by atoms with van der Waals surface area (Å²) in [5, 5.41) is 9.34. The second-order valence-corrected chi connectivity index (χ2v) is 11.0. The molecule has 0 atom stereocenters. The normalized spacial score (nSPS) is 12.0. The summed E-state index contributed by atoms with van der Waals surface area (Å²) in [5.74, 6) is -0.0167. The molecule has 32 heavy (non-hydrogen) atoms. The molecule has 0 spiro atoms. The second kappa shape index (κ2) is 9.18. The van der Waals surface area contributed by atoms with Crippen LogP contribution >= 0.6 is 23.1 Å². The maximum Gasteiger partial charge on any atom is 0.238 e. The van der Waals surface area contributed by atoms with Gasteiger partial charge in [-0.15, -0.1) is 0 Å². The van der Waals surface area contributed by atoms with E-state index in [0.29, 0.717) is 15.8 Å². The van der Waals surface area contributed by atoms with Crippen molar-refractivity contribution in [2.75, 3.05) is 11.1 Å². The summed E-state index contributed by atoms with van der Waals surface area (Å²) in [6.45, 7) is 4.84. The Balaban J connectivity index is 1.53. The number of nitrogens with zero attached hydrogens (tertiary/aromatic N) is 3. The first-order chi connectivity index (χ1) is 15.2. The van der Waals surface area contributed by atoms with Crippen molar-refractivity contribution < 1.29 is 13.2 Å². The molecule has 0 aliphatic carbocycles. The molecule has 11 heteroatoms. The first kappa shape index (κ1) is 22.7. The third-order valence-electron chi connectivity index (χ3n) is 4.87. The van der Waals surface area contributed by atoms with Crippen molar-refractivity contribution in [3.63, 3.8) is 0 Å². The molecule has 0 fully saturated rings. The lowest BCUT2D eigenvalue weighted by Crippen LogP contribution is -2.14. The highest BCUT2D eigenvalue weighted by Crippen LogP contribution is 2.29. The minimum absolute atomic E-state index is 0.0190. The highest BCUT2D eigenvalue weighted by molar-refractivity contribution is 7.99. The van der Waals surface area contributed by atoms with E-state index in [1.54, 1.807) is 6.07 Å². The highest BCUT2D eigenvalue weighted by atomic mass is 32.2. The molecule has 4 rings (SSSR count). The van der Waals surface area contributed by atoms with Gasteiger partial charge in [-0.2, -0.15) is 0 Å². The number of carbonyl (C=O) groups excluding carboxylic acids is 1. The number of rotatable bonds is 8. The van der Waals surface area contributed by atoms with Gasteiger partial charge in [0.1, 0.15) is 0 Å². The van der Waals surface area contributed by atoms with Crippen LogP contribution in [0.4, 0.5) is 5.13 Å². The standard InChI is InChI=1S/C21H23N5O3S3/c1-3-4-9-26-17-8-6-14(32(22,28)29)11-16(17)24-21(26)30-12-19(27)25-20-23-15-7-5-13(2)10-18(15)31-20/h5-8,10-11H,3-4,9,12H2,1-2H3,(H2,22,28,29)(H,23,25,27). The average Bonchev–Trinajstić information content (AvgIpc) is 3.29. The van der Waals surface area contributed by atoms with Crippen LogP contribution in [0.25, 0.3) is 21.3 Å². The Labute approximate surface area is 194 Å². The summed E-state index contributed by atoms with van der Waals surface area (Å²) >= 11 is 2.75. The molecule has 0 saturated carbocycles. The van der Waals surface area contributed by atoms with E-state index >= 15 is 0 Å². The van der Waals surface area contributed by atoms with E-state index in [2.05, 4.69) is 22.2 Å². The smallest absolute Gasteiger partial charge is 0.238 e. The molecule has 8 nitrogen and oxygen atoms in total. The quantitative estimate of drug-likeness (QED) is 0.359. The summed E-state index contributed by atoms with van der Waals surface area (Å²) in [6.07, 6.45) is 1.93. The number of unbranched alkanes of at least 4 members (excludes halogenated alkanes) is 1. The number of fused-ring (bicyclic) bond motifs is 2. The van der Waals surface area contributed by atoms with Gasteiger partial charge in [-0.3, -0.25) is 4.79 Å². The first-order valence-corrected chi connectivity index (χ1v) is 13.4. The van der Waals surface area contributed by atoms with Crippen molar-refractivity contribution in [3.05, 3.63) is 42.0 Å². The van der Waals surface area contributed by atoms with Gasteiger partial charge in [-0.1, -0.05) is 42.5 Å². The Kier molecular flexibility index (Phi) is 6.52. The Morgan fingerprint density at radius 2 is 2.00 bits per heavy atom. The fraction of sp³-hybridized carbons (Fsp3) is 0.286. The van der Waals surface area contributed by atoms with E-state index in [1.165, 1.54) is 35.2 Å². The maximum absolute atomic E-state index is 12.6. The molecule has 3 N–H and O–H groups in total. The third-order valence-corrected chi connectivity index (χ3v) is 7.69. The molecule has 0 saturated heterocycles. The lowest BCUT2D eigenvalue weighted by atomic mass is 10.2. The topological polar surface area (TPSA) is 120 Å². The van der Waals surface area contributed by atoms with E-state index in [-0.39, 0.29) is 16.6 Å². The van der Waals surface area contributed by atoms with Crippen LogP contribution in [0.2, 0.25) is 0 Å². The molecular weight excluding hydrogens is 466 g/mol. The van der Waals surface area contributed by atoms with Crippen molar-refractivity contribution in [3.8, 4) is 0 Å². The largest absolute Gasteiger partial charge is 0.319 e. The Morgan fingerprint density at radius 3 is 2.75 bits per heavy atom. The van der Waals surface area contributed by atoms with Crippen LogP contribution in [0, 0.1) is 6.92 Å². The number of sulfonamides is 1. The van der Waals surface area contributed by atoms with Crippen LogP contribution in [0.5, 0.6) is 0 Å². The van der Waals surface area contributed by atoms with Crippen LogP contribution in [-0.2, 0) is 21.4 Å². The molecule has 2 aromatic carbocycles. The van der Waals surface area contributed by atoms with E-state index < -0.39 is 10.0 Å². The van der Waals surface area contributed by atoms with Gasteiger partial charge in [0.2, 0.25) is 15.9 Å². The van der Waals surface area contributed by atoms with Gasteiger partial charge in [-0.25, -0.2) is 23.5 Å². The maximum atomic E-state index is 12.6. The molecule has 0 radical (unpaired) electrons. The number of primary sulfonamides is 1. The first-order valence-electron chi connectivity index (χ1n) is 10.1. The molecule has 0 aliphatic rings. The third kappa shape index (κ3) is 4.96. The van der Waals surface area contributed by atoms with Crippen molar-refractivity contribution in [1.29, 1.82) is 0 Å². The van der Waals surface area contributed by atoms with E-state index in [4.69, 9.17) is 5.14 Å². The van der Waals surface area contributed by atoms with Gasteiger partial charge in [0, 0.05) is 6.54 Å². The zero-order chi connectivity index (χ0) is 22.9. The number of thiazole rings is 1. The van der Waals surface area contributed by atoms with Crippen LogP contribution in [0.1, 0.15) is 25.3 Å². The summed E-state index contributed by atoms with van der Waals surface area (Å²) in [6, 6.07) is 10.6. The minimum atomic E-state index is -3.82. The van der Waals surface area contributed by atoms with Crippen molar-refractivity contribution in [2.24, 2.45) is 5.14 Å². The summed E-state index contributed by atoms with van der Waals surface area (Å²) in [7, 11) is -3.82. The second-order valence-electron chi connectivity index (χ2n) is 7.42. The van der Waals surface area contributed by atoms with Crippen LogP contribution in [0.15, 0.2) is 46.5 Å². The molecular formula is C21H23N5O3S3. The van der Waals surface area contributed by atoms with Crippen molar-refractivity contribution >= 4 is 65.4 Å². The van der Waals surface area contributed by atoms with Gasteiger partial charge in [0.25, 0.3) is 0 Å². The van der Waals surface area contributed by atoms with Gasteiger partial charge in [-0.05, 0) is 49.2 Å². The van der Waals surface area contributed by atoms with Crippen LogP contribution < -0.4 is 10.5 Å².